The molecular weight excluding hydrogens is 244 g/mol. The molecule has 0 amide bonds. The largest absolute Gasteiger partial charge is 0.303 e. The second-order valence-electron chi connectivity index (χ2n) is 9.53. The van der Waals surface area contributed by atoms with Gasteiger partial charge in [-0.15, -0.1) is 0 Å². The van der Waals surface area contributed by atoms with Crippen molar-refractivity contribution in [2.75, 3.05) is 32.7 Å². The van der Waals surface area contributed by atoms with E-state index in [0.717, 1.165) is 0 Å². The molecule has 2 heteroatoms. The first kappa shape index (κ1) is 16.3. The number of piperidine rings is 2. The average Bonchev–Trinajstić information content (AvgIpc) is 2.30. The third kappa shape index (κ3) is 4.21. The maximum atomic E-state index is 2.73. The molecule has 0 unspecified atom stereocenters. The van der Waals surface area contributed by atoms with Crippen molar-refractivity contribution in [3.63, 3.8) is 0 Å². The van der Waals surface area contributed by atoms with Gasteiger partial charge in [0.15, 0.2) is 0 Å². The van der Waals surface area contributed by atoms with Crippen molar-refractivity contribution in [2.45, 2.75) is 72.8 Å². The second kappa shape index (κ2) is 5.61. The fraction of sp³-hybridized carbons (Fsp3) is 1.00. The van der Waals surface area contributed by atoms with Gasteiger partial charge in [0.1, 0.15) is 0 Å². The van der Waals surface area contributed by atoms with E-state index in [1.165, 1.54) is 58.4 Å². The Morgan fingerprint density at radius 3 is 1.95 bits per heavy atom. The lowest BCUT2D eigenvalue weighted by atomic mass is 9.71. The zero-order chi connectivity index (χ0) is 15.0. The molecule has 0 bridgehead atoms. The molecule has 0 atom stereocenters. The van der Waals surface area contributed by atoms with Crippen molar-refractivity contribution in [2.24, 2.45) is 10.8 Å². The number of nitrogens with zero attached hydrogens (tertiary/aromatic N) is 2. The van der Waals surface area contributed by atoms with E-state index >= 15 is 0 Å². The summed E-state index contributed by atoms with van der Waals surface area (Å²) in [6, 6.07) is 0. The minimum absolute atomic E-state index is 0.343. The topological polar surface area (TPSA) is 6.48 Å². The normalized spacial score (nSPS) is 26.1. The summed E-state index contributed by atoms with van der Waals surface area (Å²) in [6.45, 7) is 20.7. The van der Waals surface area contributed by atoms with Crippen molar-refractivity contribution in [3.8, 4) is 0 Å². The number of hydrogen-bond acceptors (Lipinski definition) is 2. The minimum atomic E-state index is 0.343. The van der Waals surface area contributed by atoms with E-state index in [1.54, 1.807) is 0 Å². The first-order chi connectivity index (χ1) is 9.10. The Balaban J connectivity index is 1.91. The van der Waals surface area contributed by atoms with Gasteiger partial charge in [0.2, 0.25) is 0 Å². The van der Waals surface area contributed by atoms with Gasteiger partial charge in [0.05, 0.1) is 0 Å². The molecule has 2 aliphatic rings. The molecule has 0 aliphatic carbocycles. The highest BCUT2D eigenvalue weighted by molar-refractivity contribution is 4.95. The van der Waals surface area contributed by atoms with Gasteiger partial charge in [0, 0.05) is 18.6 Å². The third-order valence-electron chi connectivity index (χ3n) is 5.22. The summed E-state index contributed by atoms with van der Waals surface area (Å²) in [7, 11) is 0. The van der Waals surface area contributed by atoms with Gasteiger partial charge in [-0.1, -0.05) is 20.8 Å². The van der Waals surface area contributed by atoms with Crippen LogP contribution in [0.3, 0.4) is 0 Å². The predicted molar refractivity (Wildman–Crippen MR) is 88.1 cm³/mol. The first-order valence-corrected chi connectivity index (χ1v) is 8.57. The maximum absolute atomic E-state index is 2.73. The van der Waals surface area contributed by atoms with Crippen LogP contribution >= 0.6 is 0 Å². The zero-order valence-electron chi connectivity index (χ0n) is 14.8. The van der Waals surface area contributed by atoms with Crippen molar-refractivity contribution in [3.05, 3.63) is 0 Å². The summed E-state index contributed by atoms with van der Waals surface area (Å²) in [5, 5.41) is 0. The van der Waals surface area contributed by atoms with Crippen molar-refractivity contribution >= 4 is 0 Å². The highest BCUT2D eigenvalue weighted by Crippen LogP contribution is 2.41. The van der Waals surface area contributed by atoms with Crippen LogP contribution in [0, 0.1) is 10.8 Å². The van der Waals surface area contributed by atoms with Crippen LogP contribution in [-0.4, -0.2) is 48.1 Å². The van der Waals surface area contributed by atoms with Crippen molar-refractivity contribution < 1.29 is 0 Å². The van der Waals surface area contributed by atoms with Gasteiger partial charge < -0.3 is 4.90 Å². The molecule has 2 rings (SSSR count). The SMILES string of the molecule is CC(C)(C)CN1CCC2(CCCN(C(C)(C)C)C2)CC1. The summed E-state index contributed by atoms with van der Waals surface area (Å²) in [6.07, 6.45) is 5.69. The van der Waals surface area contributed by atoms with Crippen LogP contribution in [-0.2, 0) is 0 Å². The van der Waals surface area contributed by atoms with E-state index in [-0.39, 0.29) is 0 Å². The molecular formula is C18H36N2. The molecule has 0 N–H and O–H groups in total. The minimum Gasteiger partial charge on any atom is -0.303 e. The van der Waals surface area contributed by atoms with E-state index in [4.69, 9.17) is 0 Å². The van der Waals surface area contributed by atoms with Gasteiger partial charge >= 0.3 is 0 Å². The molecule has 0 aromatic heterocycles. The van der Waals surface area contributed by atoms with E-state index < -0.39 is 0 Å². The second-order valence-corrected chi connectivity index (χ2v) is 9.53. The summed E-state index contributed by atoms with van der Waals surface area (Å²) in [5.41, 5.74) is 1.41. The van der Waals surface area contributed by atoms with E-state index in [2.05, 4.69) is 51.3 Å². The molecule has 0 aromatic rings. The Hall–Kier alpha value is -0.0800. The van der Waals surface area contributed by atoms with Crippen LogP contribution in [0.25, 0.3) is 0 Å². The lowest BCUT2D eigenvalue weighted by Crippen LogP contribution is -2.55. The summed E-state index contributed by atoms with van der Waals surface area (Å²) in [4.78, 5) is 5.43. The molecule has 2 nitrogen and oxygen atoms in total. The van der Waals surface area contributed by atoms with Crippen LogP contribution in [0.5, 0.6) is 0 Å². The van der Waals surface area contributed by atoms with Crippen LogP contribution in [0.2, 0.25) is 0 Å². The molecule has 20 heavy (non-hydrogen) atoms. The summed E-state index contributed by atoms with van der Waals surface area (Å²) in [5.74, 6) is 0. The highest BCUT2D eigenvalue weighted by Gasteiger charge is 2.41. The van der Waals surface area contributed by atoms with E-state index in [0.29, 0.717) is 16.4 Å². The zero-order valence-corrected chi connectivity index (χ0v) is 14.8. The number of rotatable bonds is 1. The van der Waals surface area contributed by atoms with Gasteiger partial charge in [-0.2, -0.15) is 0 Å². The van der Waals surface area contributed by atoms with Gasteiger partial charge in [-0.25, -0.2) is 0 Å². The Kier molecular flexibility index (Phi) is 4.57. The lowest BCUT2D eigenvalue weighted by Gasteiger charge is -2.51. The average molecular weight is 280 g/mol. The van der Waals surface area contributed by atoms with Gasteiger partial charge in [0.25, 0.3) is 0 Å². The molecule has 2 aliphatic heterocycles. The van der Waals surface area contributed by atoms with Crippen LogP contribution < -0.4 is 0 Å². The van der Waals surface area contributed by atoms with Gasteiger partial charge in [-0.05, 0) is 76.9 Å². The lowest BCUT2D eigenvalue weighted by molar-refractivity contribution is -0.0177. The maximum Gasteiger partial charge on any atom is 0.0125 e. The molecule has 118 valence electrons. The third-order valence-corrected chi connectivity index (χ3v) is 5.22. The molecule has 2 saturated heterocycles. The van der Waals surface area contributed by atoms with Crippen LogP contribution in [0.1, 0.15) is 67.2 Å². The van der Waals surface area contributed by atoms with Gasteiger partial charge in [-0.3, -0.25) is 4.90 Å². The quantitative estimate of drug-likeness (QED) is 0.716. The fourth-order valence-corrected chi connectivity index (χ4v) is 4.04. The number of likely N-dealkylation sites (tertiary alicyclic amines) is 2. The molecule has 0 radical (unpaired) electrons. The molecule has 0 saturated carbocycles. The fourth-order valence-electron chi connectivity index (χ4n) is 4.04. The standard InChI is InChI=1S/C18H36N2/c1-16(2,3)14-19-12-9-18(10-13-19)8-7-11-20(15-18)17(4,5)6/h7-15H2,1-6H3. The highest BCUT2D eigenvalue weighted by atomic mass is 15.2. The smallest absolute Gasteiger partial charge is 0.0125 e. The van der Waals surface area contributed by atoms with Crippen molar-refractivity contribution in [1.29, 1.82) is 0 Å². The molecule has 2 heterocycles. The summed E-state index contributed by atoms with van der Waals surface area (Å²) < 4.78 is 0. The van der Waals surface area contributed by atoms with E-state index in [9.17, 15) is 0 Å². The Morgan fingerprint density at radius 1 is 0.850 bits per heavy atom. The summed E-state index contributed by atoms with van der Waals surface area (Å²) >= 11 is 0. The predicted octanol–water partition coefficient (Wildman–Crippen LogP) is 4.01. The Morgan fingerprint density at radius 2 is 1.45 bits per heavy atom. The first-order valence-electron chi connectivity index (χ1n) is 8.57. The Labute approximate surface area is 126 Å². The molecule has 0 aromatic carbocycles. The van der Waals surface area contributed by atoms with E-state index in [1.807, 2.05) is 0 Å². The van der Waals surface area contributed by atoms with Crippen LogP contribution in [0.4, 0.5) is 0 Å². The van der Waals surface area contributed by atoms with Crippen LogP contribution in [0.15, 0.2) is 0 Å². The molecule has 2 fully saturated rings. The number of hydrogen-bond donors (Lipinski definition) is 0. The Bertz CT molecular complexity index is 313. The molecule has 1 spiro atoms. The van der Waals surface area contributed by atoms with Crippen molar-refractivity contribution in [1.82, 2.24) is 9.80 Å². The monoisotopic (exact) mass is 280 g/mol.